The van der Waals surface area contributed by atoms with E-state index in [1.807, 2.05) is 0 Å². The van der Waals surface area contributed by atoms with Crippen LogP contribution >= 0.6 is 10.0 Å². The lowest BCUT2D eigenvalue weighted by molar-refractivity contribution is 0.0475. The Kier molecular flexibility index (Phi) is 6.99. The molecule has 0 amide bonds. The minimum absolute atomic E-state index is 0.194. The van der Waals surface area contributed by atoms with Crippen LogP contribution in [0.25, 0.3) is 0 Å². The molecule has 0 aliphatic carbocycles. The van der Waals surface area contributed by atoms with Crippen molar-refractivity contribution in [3.63, 3.8) is 0 Å². The number of ketones is 1. The highest BCUT2D eigenvalue weighted by Gasteiger charge is 2.20. The fourth-order valence-electron chi connectivity index (χ4n) is 2.23. The minimum atomic E-state index is -0.646. The normalized spacial score (nSPS) is 12.0. The summed E-state index contributed by atoms with van der Waals surface area (Å²) in [5.74, 6) is 0.259. The van der Waals surface area contributed by atoms with Crippen molar-refractivity contribution in [3.8, 4) is 0 Å². The molecular weight excluding hydrogens is 352 g/mol. The first-order chi connectivity index (χ1) is 12.3. The van der Waals surface area contributed by atoms with Crippen LogP contribution in [0.1, 0.15) is 33.5 Å². The first-order valence-electron chi connectivity index (χ1n) is 8.38. The number of pyridine rings is 1. The van der Waals surface area contributed by atoms with E-state index in [0.29, 0.717) is 23.6 Å². The van der Waals surface area contributed by atoms with E-state index in [9.17, 15) is 9.59 Å². The summed E-state index contributed by atoms with van der Waals surface area (Å²) in [7, 11) is -0.646. The van der Waals surface area contributed by atoms with E-state index < -0.39 is 16.0 Å². The van der Waals surface area contributed by atoms with Crippen molar-refractivity contribution < 1.29 is 19.1 Å². The van der Waals surface area contributed by atoms with Gasteiger partial charge in [0.05, 0.1) is 13.2 Å². The van der Waals surface area contributed by atoms with E-state index in [1.54, 1.807) is 42.1 Å². The largest absolute Gasteiger partial charge is 0.461 e. The molecule has 2 aromatic rings. The highest BCUT2D eigenvalue weighted by Crippen LogP contribution is 2.33. The lowest BCUT2D eigenvalue weighted by Gasteiger charge is -2.24. The maximum Gasteiger partial charge on any atom is 0.355 e. The SMILES string of the molecule is CCOC(=O)c1cc(C(=O)c2ccccn2)cn1COCCS(C)(C)C. The third-order valence-corrected chi connectivity index (χ3v) is 5.00. The molecule has 2 aromatic heterocycles. The van der Waals surface area contributed by atoms with Crippen LogP contribution in [0.2, 0.25) is 0 Å². The van der Waals surface area contributed by atoms with E-state index in [1.165, 1.54) is 6.07 Å². The first-order valence-corrected chi connectivity index (χ1v) is 11.4. The van der Waals surface area contributed by atoms with Gasteiger partial charge in [-0.05, 0) is 43.9 Å². The van der Waals surface area contributed by atoms with Gasteiger partial charge in [0, 0.05) is 23.7 Å². The third-order valence-electron chi connectivity index (χ3n) is 3.61. The standard InChI is InChI=1S/C19H26N2O4S/c1-5-25-19(23)17-12-15(18(22)16-8-6-7-9-20-16)13-21(17)14-24-10-11-26(2,3)4/h6-9,12-13H,5,10-11,14H2,1-4H3. The molecule has 0 aromatic carbocycles. The first kappa shape index (κ1) is 20.2. The summed E-state index contributed by atoms with van der Waals surface area (Å²) in [6, 6.07) is 6.68. The van der Waals surface area contributed by atoms with Gasteiger partial charge in [0.1, 0.15) is 18.1 Å². The van der Waals surface area contributed by atoms with Crippen molar-refractivity contribution in [3.05, 3.63) is 53.6 Å². The minimum Gasteiger partial charge on any atom is -0.461 e. The number of ether oxygens (including phenoxy) is 2. The summed E-state index contributed by atoms with van der Waals surface area (Å²) < 4.78 is 12.4. The van der Waals surface area contributed by atoms with E-state index in [-0.39, 0.29) is 19.1 Å². The molecule has 0 aliphatic heterocycles. The number of rotatable bonds is 9. The lowest BCUT2D eigenvalue weighted by Crippen LogP contribution is -2.15. The van der Waals surface area contributed by atoms with Gasteiger partial charge in [0.25, 0.3) is 0 Å². The van der Waals surface area contributed by atoms with Crippen molar-refractivity contribution in [1.82, 2.24) is 9.55 Å². The Balaban J connectivity index is 2.18. The highest BCUT2D eigenvalue weighted by molar-refractivity contribution is 8.32. The summed E-state index contributed by atoms with van der Waals surface area (Å²) in [5, 5.41) is 0. The van der Waals surface area contributed by atoms with Gasteiger partial charge in [-0.15, -0.1) is 0 Å². The summed E-state index contributed by atoms with van der Waals surface area (Å²) >= 11 is 0. The van der Waals surface area contributed by atoms with Gasteiger partial charge in [-0.3, -0.25) is 9.78 Å². The summed E-state index contributed by atoms with van der Waals surface area (Å²) in [5.41, 5.74) is 1.02. The van der Waals surface area contributed by atoms with E-state index in [2.05, 4.69) is 23.8 Å². The smallest absolute Gasteiger partial charge is 0.355 e. The quantitative estimate of drug-likeness (QED) is 0.381. The molecule has 0 aliphatic rings. The predicted molar refractivity (Wildman–Crippen MR) is 104 cm³/mol. The second-order valence-corrected chi connectivity index (χ2v) is 11.3. The van der Waals surface area contributed by atoms with E-state index in [4.69, 9.17) is 9.47 Å². The van der Waals surface area contributed by atoms with Crippen LogP contribution in [-0.2, 0) is 16.2 Å². The molecule has 26 heavy (non-hydrogen) atoms. The van der Waals surface area contributed by atoms with Gasteiger partial charge in [-0.1, -0.05) is 6.07 Å². The van der Waals surface area contributed by atoms with E-state index >= 15 is 0 Å². The second-order valence-electron chi connectivity index (χ2n) is 6.68. The zero-order valence-electron chi connectivity index (χ0n) is 15.7. The maximum atomic E-state index is 12.6. The van der Waals surface area contributed by atoms with Gasteiger partial charge < -0.3 is 14.0 Å². The fraction of sp³-hybridized carbons (Fsp3) is 0.421. The average Bonchev–Trinajstić information content (AvgIpc) is 3.02. The molecule has 2 rings (SSSR count). The van der Waals surface area contributed by atoms with Gasteiger partial charge >= 0.3 is 5.97 Å². The van der Waals surface area contributed by atoms with Gasteiger partial charge in [-0.25, -0.2) is 14.8 Å². The Hall–Kier alpha value is -2.12. The maximum absolute atomic E-state index is 12.6. The molecule has 0 atom stereocenters. The topological polar surface area (TPSA) is 70.4 Å². The van der Waals surface area contributed by atoms with Crippen LogP contribution in [0, 0.1) is 0 Å². The number of esters is 1. The molecule has 7 heteroatoms. The van der Waals surface area contributed by atoms with Crippen LogP contribution in [0.5, 0.6) is 0 Å². The van der Waals surface area contributed by atoms with Crippen LogP contribution in [0.15, 0.2) is 36.7 Å². The number of hydrogen-bond donors (Lipinski definition) is 0. The van der Waals surface area contributed by atoms with Crippen LogP contribution in [0.4, 0.5) is 0 Å². The van der Waals surface area contributed by atoms with Crippen molar-refractivity contribution in [2.24, 2.45) is 0 Å². The summed E-state index contributed by atoms with van der Waals surface area (Å²) in [4.78, 5) is 28.9. The Morgan fingerprint density at radius 2 is 2.00 bits per heavy atom. The van der Waals surface area contributed by atoms with E-state index in [0.717, 1.165) is 5.75 Å². The molecule has 0 N–H and O–H groups in total. The van der Waals surface area contributed by atoms with Gasteiger partial charge in [0.15, 0.2) is 0 Å². The average molecular weight is 378 g/mol. The molecule has 0 unspecified atom stereocenters. The molecular formula is C19H26N2O4S. The van der Waals surface area contributed by atoms with Crippen molar-refractivity contribution in [2.75, 3.05) is 37.7 Å². The van der Waals surface area contributed by atoms with Crippen molar-refractivity contribution in [1.29, 1.82) is 0 Å². The molecule has 0 saturated heterocycles. The Labute approximate surface area is 155 Å². The number of carbonyl (C=O) groups excluding carboxylic acids is 2. The molecule has 0 saturated carbocycles. The fourth-order valence-corrected chi connectivity index (χ4v) is 2.85. The van der Waals surface area contributed by atoms with Crippen molar-refractivity contribution >= 4 is 21.8 Å². The molecule has 6 nitrogen and oxygen atoms in total. The van der Waals surface area contributed by atoms with Gasteiger partial charge in [0.2, 0.25) is 5.78 Å². The molecule has 0 bridgehead atoms. The van der Waals surface area contributed by atoms with Crippen LogP contribution in [0.3, 0.4) is 0 Å². The Morgan fingerprint density at radius 1 is 1.23 bits per heavy atom. The van der Waals surface area contributed by atoms with Crippen molar-refractivity contribution in [2.45, 2.75) is 13.7 Å². The van der Waals surface area contributed by atoms with Crippen LogP contribution in [-0.4, -0.2) is 59.0 Å². The lowest BCUT2D eigenvalue weighted by atomic mass is 10.1. The third kappa shape index (κ3) is 5.71. The zero-order valence-corrected chi connectivity index (χ0v) is 16.5. The Morgan fingerprint density at radius 3 is 2.62 bits per heavy atom. The predicted octanol–water partition coefficient (Wildman–Crippen LogP) is 2.96. The molecule has 0 fully saturated rings. The number of nitrogens with zero attached hydrogens (tertiary/aromatic N) is 2. The number of aromatic nitrogens is 2. The summed E-state index contributed by atoms with van der Waals surface area (Å²) in [6.07, 6.45) is 9.85. The molecule has 2 heterocycles. The zero-order chi connectivity index (χ0) is 19.2. The highest BCUT2D eigenvalue weighted by atomic mass is 32.3. The number of carbonyl (C=O) groups is 2. The Bertz CT molecular complexity index is 751. The molecule has 0 radical (unpaired) electrons. The van der Waals surface area contributed by atoms with Crippen LogP contribution < -0.4 is 0 Å². The second kappa shape index (κ2) is 9.00. The monoisotopic (exact) mass is 378 g/mol. The molecule has 0 spiro atoms. The molecule has 142 valence electrons. The number of hydrogen-bond acceptors (Lipinski definition) is 5. The summed E-state index contributed by atoms with van der Waals surface area (Å²) in [6.45, 7) is 2.80. The van der Waals surface area contributed by atoms with Gasteiger partial charge in [-0.2, -0.15) is 0 Å².